The zero-order chi connectivity index (χ0) is 10.3. The highest BCUT2D eigenvalue weighted by Gasteiger charge is 2.17. The van der Waals surface area contributed by atoms with Gasteiger partial charge >= 0.3 is 0 Å². The average Bonchev–Trinajstić information content (AvgIpc) is 2.15. The SMILES string of the molecule is COCC(OC)OC(C)C(C)CO. The molecule has 0 aromatic rings. The molecule has 0 aliphatic rings. The lowest BCUT2D eigenvalue weighted by molar-refractivity contribution is -0.186. The van der Waals surface area contributed by atoms with Gasteiger partial charge in [-0.1, -0.05) is 6.92 Å². The third kappa shape index (κ3) is 5.21. The van der Waals surface area contributed by atoms with Gasteiger partial charge < -0.3 is 19.3 Å². The Hall–Kier alpha value is -0.160. The van der Waals surface area contributed by atoms with Gasteiger partial charge in [-0.05, 0) is 6.92 Å². The number of methoxy groups -OCH3 is 2. The van der Waals surface area contributed by atoms with Crippen molar-refractivity contribution in [1.29, 1.82) is 0 Å². The molecule has 4 heteroatoms. The Bertz CT molecular complexity index is 118. The van der Waals surface area contributed by atoms with Crippen molar-refractivity contribution in [3.63, 3.8) is 0 Å². The lowest BCUT2D eigenvalue weighted by Crippen LogP contribution is -2.30. The van der Waals surface area contributed by atoms with Gasteiger partial charge in [0.15, 0.2) is 6.29 Å². The summed E-state index contributed by atoms with van der Waals surface area (Å²) in [6.07, 6.45) is -0.390. The van der Waals surface area contributed by atoms with Crippen LogP contribution in [-0.4, -0.2) is 44.9 Å². The van der Waals surface area contributed by atoms with Crippen LogP contribution in [-0.2, 0) is 14.2 Å². The Morgan fingerprint density at radius 3 is 2.23 bits per heavy atom. The van der Waals surface area contributed by atoms with Gasteiger partial charge in [0.2, 0.25) is 0 Å². The monoisotopic (exact) mass is 192 g/mol. The van der Waals surface area contributed by atoms with Crippen LogP contribution in [0.4, 0.5) is 0 Å². The molecular weight excluding hydrogens is 172 g/mol. The minimum atomic E-state index is -0.353. The van der Waals surface area contributed by atoms with Crippen molar-refractivity contribution in [1.82, 2.24) is 0 Å². The third-order valence-corrected chi connectivity index (χ3v) is 2.02. The van der Waals surface area contributed by atoms with Gasteiger partial charge in [-0.25, -0.2) is 0 Å². The van der Waals surface area contributed by atoms with Gasteiger partial charge in [0, 0.05) is 26.7 Å². The number of rotatable bonds is 7. The van der Waals surface area contributed by atoms with E-state index in [1.165, 1.54) is 0 Å². The van der Waals surface area contributed by atoms with Gasteiger partial charge in [-0.2, -0.15) is 0 Å². The summed E-state index contributed by atoms with van der Waals surface area (Å²) in [6.45, 7) is 4.34. The number of aliphatic hydroxyl groups is 1. The summed E-state index contributed by atoms with van der Waals surface area (Å²) in [4.78, 5) is 0. The highest BCUT2D eigenvalue weighted by Crippen LogP contribution is 2.09. The normalized spacial score (nSPS) is 18.2. The summed E-state index contributed by atoms with van der Waals surface area (Å²) in [5.74, 6) is 0.106. The van der Waals surface area contributed by atoms with Crippen LogP contribution >= 0.6 is 0 Å². The van der Waals surface area contributed by atoms with Gasteiger partial charge in [0.1, 0.15) is 0 Å². The number of aliphatic hydroxyl groups excluding tert-OH is 1. The van der Waals surface area contributed by atoms with Gasteiger partial charge in [0.05, 0.1) is 12.7 Å². The van der Waals surface area contributed by atoms with Crippen LogP contribution in [0.3, 0.4) is 0 Å². The molecule has 80 valence electrons. The molecule has 0 saturated carbocycles. The molecule has 0 radical (unpaired) electrons. The minimum absolute atomic E-state index is 0.0369. The first-order chi connectivity index (χ1) is 6.15. The molecule has 0 bridgehead atoms. The highest BCUT2D eigenvalue weighted by atomic mass is 16.7. The molecular formula is C9H20O4. The van der Waals surface area contributed by atoms with Crippen LogP contribution in [0, 0.1) is 5.92 Å². The topological polar surface area (TPSA) is 47.9 Å². The molecule has 0 fully saturated rings. The Morgan fingerprint density at radius 2 is 1.85 bits per heavy atom. The van der Waals surface area contributed by atoms with Crippen LogP contribution in [0.25, 0.3) is 0 Å². The highest BCUT2D eigenvalue weighted by molar-refractivity contribution is 4.60. The molecule has 4 nitrogen and oxygen atoms in total. The molecule has 0 aliphatic heterocycles. The quantitative estimate of drug-likeness (QED) is 0.601. The molecule has 0 aliphatic carbocycles. The Balaban J connectivity index is 3.78. The fraction of sp³-hybridized carbons (Fsp3) is 1.00. The molecule has 1 N–H and O–H groups in total. The predicted octanol–water partition coefficient (Wildman–Crippen LogP) is 0.639. The summed E-state index contributed by atoms with van der Waals surface area (Å²) in [6, 6.07) is 0. The van der Waals surface area contributed by atoms with E-state index in [-0.39, 0.29) is 24.9 Å². The summed E-state index contributed by atoms with van der Waals surface area (Å²) >= 11 is 0. The first-order valence-electron chi connectivity index (χ1n) is 4.43. The van der Waals surface area contributed by atoms with Crippen molar-refractivity contribution in [2.75, 3.05) is 27.4 Å². The summed E-state index contributed by atoms with van der Waals surface area (Å²) < 4.78 is 15.4. The number of hydrogen-bond acceptors (Lipinski definition) is 4. The standard InChI is InChI=1S/C9H20O4/c1-7(5-10)8(2)13-9(12-4)6-11-3/h7-10H,5-6H2,1-4H3. The Morgan fingerprint density at radius 1 is 1.23 bits per heavy atom. The van der Waals surface area contributed by atoms with Gasteiger partial charge in [0.25, 0.3) is 0 Å². The number of hydrogen-bond donors (Lipinski definition) is 1. The van der Waals surface area contributed by atoms with E-state index in [1.54, 1.807) is 14.2 Å². The predicted molar refractivity (Wildman–Crippen MR) is 49.5 cm³/mol. The van der Waals surface area contributed by atoms with Crippen molar-refractivity contribution in [3.8, 4) is 0 Å². The van der Waals surface area contributed by atoms with E-state index in [0.717, 1.165) is 0 Å². The van der Waals surface area contributed by atoms with E-state index in [1.807, 2.05) is 13.8 Å². The van der Waals surface area contributed by atoms with E-state index in [4.69, 9.17) is 19.3 Å². The zero-order valence-corrected chi connectivity index (χ0v) is 8.82. The largest absolute Gasteiger partial charge is 0.396 e. The van der Waals surface area contributed by atoms with Crippen molar-refractivity contribution in [2.45, 2.75) is 26.2 Å². The maximum Gasteiger partial charge on any atom is 0.180 e. The van der Waals surface area contributed by atoms with E-state index < -0.39 is 0 Å². The van der Waals surface area contributed by atoms with E-state index in [9.17, 15) is 0 Å². The number of ether oxygens (including phenoxy) is 3. The zero-order valence-electron chi connectivity index (χ0n) is 8.82. The second kappa shape index (κ2) is 7.26. The molecule has 0 aromatic heterocycles. The van der Waals surface area contributed by atoms with Crippen molar-refractivity contribution in [3.05, 3.63) is 0 Å². The summed E-state index contributed by atoms with van der Waals surface area (Å²) in [7, 11) is 3.16. The lowest BCUT2D eigenvalue weighted by Gasteiger charge is -2.23. The maximum atomic E-state index is 8.87. The average molecular weight is 192 g/mol. The van der Waals surface area contributed by atoms with Gasteiger partial charge in [-0.3, -0.25) is 0 Å². The van der Waals surface area contributed by atoms with E-state index in [2.05, 4.69) is 0 Å². The smallest absolute Gasteiger partial charge is 0.180 e. The Labute approximate surface area is 79.8 Å². The van der Waals surface area contributed by atoms with E-state index in [0.29, 0.717) is 6.61 Å². The molecule has 0 heterocycles. The second-order valence-electron chi connectivity index (χ2n) is 3.12. The second-order valence-corrected chi connectivity index (χ2v) is 3.12. The van der Waals surface area contributed by atoms with Crippen molar-refractivity contribution in [2.24, 2.45) is 5.92 Å². The first-order valence-corrected chi connectivity index (χ1v) is 4.43. The van der Waals surface area contributed by atoms with Crippen LogP contribution in [0.15, 0.2) is 0 Å². The minimum Gasteiger partial charge on any atom is -0.396 e. The van der Waals surface area contributed by atoms with Crippen LogP contribution in [0.5, 0.6) is 0 Å². The van der Waals surface area contributed by atoms with Gasteiger partial charge in [-0.15, -0.1) is 0 Å². The molecule has 0 aromatic carbocycles. The lowest BCUT2D eigenvalue weighted by atomic mass is 10.1. The van der Waals surface area contributed by atoms with Crippen molar-refractivity contribution < 1.29 is 19.3 Å². The molecule has 0 saturated heterocycles. The van der Waals surface area contributed by atoms with E-state index >= 15 is 0 Å². The van der Waals surface area contributed by atoms with Crippen LogP contribution < -0.4 is 0 Å². The summed E-state index contributed by atoms with van der Waals surface area (Å²) in [5.41, 5.74) is 0. The third-order valence-electron chi connectivity index (χ3n) is 2.02. The van der Waals surface area contributed by atoms with Crippen LogP contribution in [0.1, 0.15) is 13.8 Å². The summed E-state index contributed by atoms with van der Waals surface area (Å²) in [5, 5.41) is 8.87. The fourth-order valence-corrected chi connectivity index (χ4v) is 0.821. The maximum absolute atomic E-state index is 8.87. The molecule has 3 atom stereocenters. The fourth-order valence-electron chi connectivity index (χ4n) is 0.821. The van der Waals surface area contributed by atoms with Crippen LogP contribution in [0.2, 0.25) is 0 Å². The molecule has 13 heavy (non-hydrogen) atoms. The molecule has 0 amide bonds. The molecule has 0 spiro atoms. The molecule has 3 unspecified atom stereocenters. The Kier molecular flexibility index (Phi) is 7.17. The first kappa shape index (κ1) is 12.8. The van der Waals surface area contributed by atoms with Crippen molar-refractivity contribution >= 4 is 0 Å². The molecule has 0 rings (SSSR count).